The van der Waals surface area contributed by atoms with Crippen molar-refractivity contribution in [3.8, 4) is 5.75 Å². The van der Waals surface area contributed by atoms with Gasteiger partial charge in [0.2, 0.25) is 0 Å². The standard InChI is InChI=1S/C18H16O4/c19-16-14-8-4-5-9-15(14)20-10-18(16)11-21-17(22-12-18)13-6-2-1-3-7-13/h1-9,17H,10-12H2. The van der Waals surface area contributed by atoms with Gasteiger partial charge < -0.3 is 14.2 Å². The van der Waals surface area contributed by atoms with Crippen LogP contribution in [0.4, 0.5) is 0 Å². The summed E-state index contributed by atoms with van der Waals surface area (Å²) in [6.07, 6.45) is -0.420. The summed E-state index contributed by atoms with van der Waals surface area (Å²) >= 11 is 0. The molecule has 2 aromatic carbocycles. The fourth-order valence-corrected chi connectivity index (χ4v) is 2.92. The number of rotatable bonds is 1. The highest BCUT2D eigenvalue weighted by Crippen LogP contribution is 2.39. The minimum Gasteiger partial charge on any atom is -0.492 e. The second-order valence-corrected chi connectivity index (χ2v) is 5.76. The number of ether oxygens (including phenoxy) is 3. The predicted molar refractivity (Wildman–Crippen MR) is 79.8 cm³/mol. The number of carbonyl (C=O) groups is 1. The molecule has 1 saturated heterocycles. The molecule has 0 bridgehead atoms. The highest BCUT2D eigenvalue weighted by atomic mass is 16.7. The minimum absolute atomic E-state index is 0.0425. The molecule has 0 radical (unpaired) electrons. The molecule has 1 fully saturated rings. The average Bonchev–Trinajstić information content (AvgIpc) is 2.60. The molecule has 0 amide bonds. The van der Waals surface area contributed by atoms with Gasteiger partial charge in [-0.15, -0.1) is 0 Å². The average molecular weight is 296 g/mol. The van der Waals surface area contributed by atoms with Crippen LogP contribution >= 0.6 is 0 Å². The first-order chi connectivity index (χ1) is 10.8. The molecule has 0 atom stereocenters. The van der Waals surface area contributed by atoms with E-state index in [4.69, 9.17) is 14.2 Å². The Hall–Kier alpha value is -2.17. The molecule has 4 nitrogen and oxygen atoms in total. The maximum Gasteiger partial charge on any atom is 0.183 e. The number of para-hydroxylation sites is 1. The Morgan fingerprint density at radius 2 is 1.55 bits per heavy atom. The summed E-state index contributed by atoms with van der Waals surface area (Å²) in [5.74, 6) is 0.684. The first kappa shape index (κ1) is 13.5. The lowest BCUT2D eigenvalue weighted by Crippen LogP contribution is -2.51. The Kier molecular flexibility index (Phi) is 3.21. The summed E-state index contributed by atoms with van der Waals surface area (Å²) in [5.41, 5.74) is 0.834. The number of hydrogen-bond donors (Lipinski definition) is 0. The van der Waals surface area contributed by atoms with Crippen LogP contribution in [0, 0.1) is 5.41 Å². The largest absolute Gasteiger partial charge is 0.492 e. The van der Waals surface area contributed by atoms with Gasteiger partial charge in [0.15, 0.2) is 12.1 Å². The van der Waals surface area contributed by atoms with Crippen LogP contribution in [0.25, 0.3) is 0 Å². The Morgan fingerprint density at radius 3 is 2.32 bits per heavy atom. The van der Waals surface area contributed by atoms with Crippen LogP contribution in [0.1, 0.15) is 22.2 Å². The Balaban J connectivity index is 1.55. The van der Waals surface area contributed by atoms with Crippen LogP contribution < -0.4 is 4.74 Å². The van der Waals surface area contributed by atoms with Gasteiger partial charge in [-0.05, 0) is 12.1 Å². The van der Waals surface area contributed by atoms with Gasteiger partial charge in [0.25, 0.3) is 0 Å². The SMILES string of the molecule is O=C1c2ccccc2OCC12COC(c1ccccc1)OC2. The third kappa shape index (κ3) is 2.12. The van der Waals surface area contributed by atoms with Gasteiger partial charge in [-0.2, -0.15) is 0 Å². The first-order valence-electron chi connectivity index (χ1n) is 7.33. The van der Waals surface area contributed by atoms with Crippen molar-refractivity contribution in [2.24, 2.45) is 5.41 Å². The Labute approximate surface area is 128 Å². The Bertz CT molecular complexity index is 687. The van der Waals surface area contributed by atoms with Crippen molar-refractivity contribution in [2.45, 2.75) is 6.29 Å². The van der Waals surface area contributed by atoms with E-state index in [2.05, 4.69) is 0 Å². The first-order valence-corrected chi connectivity index (χ1v) is 7.33. The lowest BCUT2D eigenvalue weighted by Gasteiger charge is -2.41. The molecular formula is C18H16O4. The summed E-state index contributed by atoms with van der Waals surface area (Å²) in [6.45, 7) is 0.907. The lowest BCUT2D eigenvalue weighted by atomic mass is 9.80. The minimum atomic E-state index is -0.736. The van der Waals surface area contributed by atoms with E-state index in [1.165, 1.54) is 0 Å². The molecule has 4 rings (SSSR count). The summed E-state index contributed by atoms with van der Waals surface area (Å²) in [7, 11) is 0. The van der Waals surface area contributed by atoms with Crippen LogP contribution in [0.5, 0.6) is 5.75 Å². The number of ketones is 1. The highest BCUT2D eigenvalue weighted by molar-refractivity contribution is 6.04. The molecule has 0 unspecified atom stereocenters. The van der Waals surface area contributed by atoms with Crippen molar-refractivity contribution in [1.82, 2.24) is 0 Å². The van der Waals surface area contributed by atoms with E-state index in [0.717, 1.165) is 5.56 Å². The lowest BCUT2D eigenvalue weighted by molar-refractivity contribution is -0.227. The van der Waals surface area contributed by atoms with Crippen molar-refractivity contribution in [1.29, 1.82) is 0 Å². The summed E-state index contributed by atoms with van der Waals surface area (Å²) in [5, 5.41) is 0. The quantitative estimate of drug-likeness (QED) is 0.811. The number of carbonyl (C=O) groups excluding carboxylic acids is 1. The van der Waals surface area contributed by atoms with Crippen LogP contribution in [0.2, 0.25) is 0 Å². The molecule has 2 aliphatic heterocycles. The molecule has 2 heterocycles. The number of benzene rings is 2. The van der Waals surface area contributed by atoms with Gasteiger partial charge in [0.05, 0.1) is 18.8 Å². The van der Waals surface area contributed by atoms with Crippen LogP contribution in [0.15, 0.2) is 54.6 Å². The van der Waals surface area contributed by atoms with Crippen LogP contribution in [-0.2, 0) is 9.47 Å². The zero-order valence-electron chi connectivity index (χ0n) is 12.0. The number of fused-ring (bicyclic) bond motifs is 1. The second kappa shape index (κ2) is 5.23. The maximum absolute atomic E-state index is 12.8. The van der Waals surface area contributed by atoms with Crippen molar-refractivity contribution >= 4 is 5.78 Å². The topological polar surface area (TPSA) is 44.8 Å². The molecule has 0 aromatic heterocycles. The van der Waals surface area contributed by atoms with Crippen molar-refractivity contribution in [3.05, 3.63) is 65.7 Å². The molecule has 2 aliphatic rings. The van der Waals surface area contributed by atoms with Crippen molar-refractivity contribution < 1.29 is 19.0 Å². The Morgan fingerprint density at radius 1 is 0.864 bits per heavy atom. The fourth-order valence-electron chi connectivity index (χ4n) is 2.92. The molecule has 2 aromatic rings. The summed E-state index contributed by atoms with van der Waals surface area (Å²) in [6, 6.07) is 17.1. The normalized spacial score (nSPS) is 27.3. The predicted octanol–water partition coefficient (Wildman–Crippen LogP) is 2.99. The number of hydrogen-bond acceptors (Lipinski definition) is 4. The third-order valence-electron chi connectivity index (χ3n) is 4.21. The monoisotopic (exact) mass is 296 g/mol. The molecule has 0 saturated carbocycles. The van der Waals surface area contributed by atoms with Crippen molar-refractivity contribution in [2.75, 3.05) is 19.8 Å². The maximum atomic E-state index is 12.8. The van der Waals surface area contributed by atoms with E-state index >= 15 is 0 Å². The highest BCUT2D eigenvalue weighted by Gasteiger charge is 2.48. The zero-order valence-corrected chi connectivity index (χ0v) is 12.0. The van der Waals surface area contributed by atoms with E-state index in [1.807, 2.05) is 48.5 Å². The van der Waals surface area contributed by atoms with Gasteiger partial charge >= 0.3 is 0 Å². The summed E-state index contributed by atoms with van der Waals surface area (Å²) in [4.78, 5) is 12.8. The number of Topliss-reactive ketones (excluding diaryl/α,β-unsaturated/α-hetero) is 1. The molecule has 0 aliphatic carbocycles. The molecule has 0 N–H and O–H groups in total. The van der Waals surface area contributed by atoms with Crippen molar-refractivity contribution in [3.63, 3.8) is 0 Å². The molecule has 4 heteroatoms. The zero-order chi connectivity index (χ0) is 15.0. The van der Waals surface area contributed by atoms with Gasteiger partial charge in [-0.3, -0.25) is 4.79 Å². The van der Waals surface area contributed by atoms with E-state index in [1.54, 1.807) is 6.07 Å². The van der Waals surface area contributed by atoms with Gasteiger partial charge in [0, 0.05) is 5.56 Å². The second-order valence-electron chi connectivity index (χ2n) is 5.76. The molecule has 112 valence electrons. The van der Waals surface area contributed by atoms with E-state index < -0.39 is 11.7 Å². The van der Waals surface area contributed by atoms with E-state index in [9.17, 15) is 4.79 Å². The molecular weight excluding hydrogens is 280 g/mol. The van der Waals surface area contributed by atoms with Crippen LogP contribution in [-0.4, -0.2) is 25.6 Å². The van der Waals surface area contributed by atoms with E-state index in [0.29, 0.717) is 31.1 Å². The van der Waals surface area contributed by atoms with E-state index in [-0.39, 0.29) is 5.78 Å². The fraction of sp³-hybridized carbons (Fsp3) is 0.278. The smallest absolute Gasteiger partial charge is 0.183 e. The molecule has 1 spiro atoms. The molecule has 22 heavy (non-hydrogen) atoms. The third-order valence-corrected chi connectivity index (χ3v) is 4.21. The van der Waals surface area contributed by atoms with Crippen LogP contribution in [0.3, 0.4) is 0 Å². The van der Waals surface area contributed by atoms with Gasteiger partial charge in [-0.25, -0.2) is 0 Å². The summed E-state index contributed by atoms with van der Waals surface area (Å²) < 4.78 is 17.4. The van der Waals surface area contributed by atoms with Gasteiger partial charge in [0.1, 0.15) is 17.8 Å². The van der Waals surface area contributed by atoms with Gasteiger partial charge in [-0.1, -0.05) is 42.5 Å².